The Morgan fingerprint density at radius 1 is 1.24 bits per heavy atom. The zero-order chi connectivity index (χ0) is 12.7. The number of ketones is 1. The summed E-state index contributed by atoms with van der Waals surface area (Å²) < 4.78 is 10.4. The molecule has 0 saturated heterocycles. The molecule has 4 heteroatoms. The number of hydrogen-bond donors (Lipinski definition) is 1. The van der Waals surface area contributed by atoms with Gasteiger partial charge < -0.3 is 15.2 Å². The lowest BCUT2D eigenvalue weighted by Gasteiger charge is -2.19. The van der Waals surface area contributed by atoms with Crippen LogP contribution in [0.2, 0.25) is 0 Å². The number of methoxy groups -OCH3 is 2. The quantitative estimate of drug-likeness (QED) is 0.725. The second kappa shape index (κ2) is 7.17. The van der Waals surface area contributed by atoms with Gasteiger partial charge in [0.05, 0.1) is 6.10 Å². The summed E-state index contributed by atoms with van der Waals surface area (Å²) >= 11 is 0. The van der Waals surface area contributed by atoms with Gasteiger partial charge in [-0.05, 0) is 0 Å². The number of ether oxygens (including phenoxy) is 2. The van der Waals surface area contributed by atoms with Gasteiger partial charge in [0.25, 0.3) is 0 Å². The fourth-order valence-corrected chi connectivity index (χ4v) is 1.63. The Hall–Kier alpha value is -1.23. The number of benzene rings is 1. The Morgan fingerprint density at radius 3 is 2.35 bits per heavy atom. The summed E-state index contributed by atoms with van der Waals surface area (Å²) in [6, 6.07) is 9.08. The molecule has 0 heterocycles. The van der Waals surface area contributed by atoms with E-state index in [0.29, 0.717) is 18.5 Å². The number of rotatable bonds is 7. The van der Waals surface area contributed by atoms with Crippen LogP contribution in [0.15, 0.2) is 30.3 Å². The SMILES string of the molecule is COC(CN)CC(OC)C(=O)c1ccccc1. The van der Waals surface area contributed by atoms with Crippen LogP contribution in [0.1, 0.15) is 16.8 Å². The number of nitrogens with two attached hydrogens (primary N) is 1. The summed E-state index contributed by atoms with van der Waals surface area (Å²) in [6.45, 7) is 0.373. The van der Waals surface area contributed by atoms with Gasteiger partial charge in [0.2, 0.25) is 0 Å². The van der Waals surface area contributed by atoms with Gasteiger partial charge in [-0.2, -0.15) is 0 Å². The second-order valence-corrected chi connectivity index (χ2v) is 3.78. The Balaban J connectivity index is 2.71. The molecule has 1 aromatic carbocycles. The molecule has 0 radical (unpaired) electrons. The molecule has 1 aromatic rings. The van der Waals surface area contributed by atoms with Crippen molar-refractivity contribution in [3.63, 3.8) is 0 Å². The molecule has 0 aromatic heterocycles. The zero-order valence-corrected chi connectivity index (χ0v) is 10.3. The molecule has 0 aliphatic rings. The van der Waals surface area contributed by atoms with Gasteiger partial charge in [-0.3, -0.25) is 4.79 Å². The van der Waals surface area contributed by atoms with Crippen molar-refractivity contribution in [2.45, 2.75) is 18.6 Å². The van der Waals surface area contributed by atoms with Crippen LogP contribution in [0.4, 0.5) is 0 Å². The van der Waals surface area contributed by atoms with Crippen molar-refractivity contribution in [3.8, 4) is 0 Å². The predicted octanol–water partition coefficient (Wildman–Crippen LogP) is 1.25. The summed E-state index contributed by atoms with van der Waals surface area (Å²) in [5.74, 6) is -0.0383. The van der Waals surface area contributed by atoms with Gasteiger partial charge in [-0.1, -0.05) is 30.3 Å². The Labute approximate surface area is 102 Å². The highest BCUT2D eigenvalue weighted by Gasteiger charge is 2.23. The van der Waals surface area contributed by atoms with Gasteiger partial charge in [0.1, 0.15) is 6.10 Å². The van der Waals surface area contributed by atoms with Crippen LogP contribution in [0, 0.1) is 0 Å². The minimum Gasteiger partial charge on any atom is -0.380 e. The lowest BCUT2D eigenvalue weighted by atomic mass is 10.0. The number of carbonyl (C=O) groups excluding carboxylic acids is 1. The van der Waals surface area contributed by atoms with Gasteiger partial charge in [-0.25, -0.2) is 0 Å². The van der Waals surface area contributed by atoms with Crippen molar-refractivity contribution in [1.82, 2.24) is 0 Å². The van der Waals surface area contributed by atoms with Crippen molar-refractivity contribution in [2.75, 3.05) is 20.8 Å². The summed E-state index contributed by atoms with van der Waals surface area (Å²) in [7, 11) is 3.10. The third-order valence-corrected chi connectivity index (χ3v) is 2.71. The van der Waals surface area contributed by atoms with Gasteiger partial charge >= 0.3 is 0 Å². The topological polar surface area (TPSA) is 61.6 Å². The van der Waals surface area contributed by atoms with Crippen LogP contribution in [0.3, 0.4) is 0 Å². The third-order valence-electron chi connectivity index (χ3n) is 2.71. The fourth-order valence-electron chi connectivity index (χ4n) is 1.63. The molecule has 17 heavy (non-hydrogen) atoms. The van der Waals surface area contributed by atoms with Gasteiger partial charge in [-0.15, -0.1) is 0 Å². The fraction of sp³-hybridized carbons (Fsp3) is 0.462. The standard InChI is InChI=1S/C13H19NO3/c1-16-11(9-14)8-12(17-2)13(15)10-6-4-3-5-7-10/h3-7,11-12H,8-9,14H2,1-2H3. The van der Waals surface area contributed by atoms with E-state index in [-0.39, 0.29) is 11.9 Å². The largest absolute Gasteiger partial charge is 0.380 e. The summed E-state index contributed by atoms with van der Waals surface area (Å²) in [6.07, 6.45) is -0.199. The molecule has 2 N–H and O–H groups in total. The average molecular weight is 237 g/mol. The van der Waals surface area contributed by atoms with E-state index in [9.17, 15) is 4.79 Å². The van der Waals surface area contributed by atoms with Crippen molar-refractivity contribution in [2.24, 2.45) is 5.73 Å². The van der Waals surface area contributed by atoms with Crippen LogP contribution in [0.5, 0.6) is 0 Å². The molecule has 0 fully saturated rings. The molecule has 4 nitrogen and oxygen atoms in total. The first-order valence-corrected chi connectivity index (χ1v) is 5.57. The van der Waals surface area contributed by atoms with Gasteiger partial charge in [0, 0.05) is 32.7 Å². The lowest BCUT2D eigenvalue weighted by molar-refractivity contribution is 0.0255. The first kappa shape index (κ1) is 13.8. The molecule has 0 amide bonds. The van der Waals surface area contributed by atoms with Crippen LogP contribution in [0.25, 0.3) is 0 Å². The molecule has 2 atom stereocenters. The van der Waals surface area contributed by atoms with Crippen molar-refractivity contribution < 1.29 is 14.3 Å². The molecule has 0 aliphatic heterocycles. The highest BCUT2D eigenvalue weighted by molar-refractivity contribution is 5.99. The number of Topliss-reactive ketones (excluding diaryl/α,β-unsaturated/α-hetero) is 1. The highest BCUT2D eigenvalue weighted by atomic mass is 16.5. The second-order valence-electron chi connectivity index (χ2n) is 3.78. The van der Waals surface area contributed by atoms with Crippen molar-refractivity contribution in [3.05, 3.63) is 35.9 Å². The average Bonchev–Trinajstić information content (AvgIpc) is 2.40. The van der Waals surface area contributed by atoms with E-state index in [1.807, 2.05) is 18.2 Å². The van der Waals surface area contributed by atoms with Crippen LogP contribution in [-0.4, -0.2) is 38.8 Å². The van der Waals surface area contributed by atoms with Gasteiger partial charge in [0.15, 0.2) is 5.78 Å². The smallest absolute Gasteiger partial charge is 0.191 e. The van der Waals surface area contributed by atoms with E-state index in [1.54, 1.807) is 19.2 Å². The van der Waals surface area contributed by atoms with E-state index in [1.165, 1.54) is 7.11 Å². The Bertz CT molecular complexity index is 336. The van der Waals surface area contributed by atoms with E-state index in [0.717, 1.165) is 0 Å². The first-order chi connectivity index (χ1) is 8.22. The summed E-state index contributed by atoms with van der Waals surface area (Å²) in [5, 5.41) is 0. The van der Waals surface area contributed by atoms with Crippen LogP contribution < -0.4 is 5.73 Å². The molecular formula is C13H19NO3. The minimum atomic E-state index is -0.508. The van der Waals surface area contributed by atoms with E-state index in [4.69, 9.17) is 15.2 Å². The van der Waals surface area contributed by atoms with E-state index in [2.05, 4.69) is 0 Å². The highest BCUT2D eigenvalue weighted by Crippen LogP contribution is 2.11. The maximum Gasteiger partial charge on any atom is 0.191 e. The van der Waals surface area contributed by atoms with Crippen LogP contribution >= 0.6 is 0 Å². The Morgan fingerprint density at radius 2 is 1.88 bits per heavy atom. The predicted molar refractivity (Wildman–Crippen MR) is 66.0 cm³/mol. The minimum absolute atomic E-state index is 0.0383. The van der Waals surface area contributed by atoms with Crippen LogP contribution in [-0.2, 0) is 9.47 Å². The molecule has 94 valence electrons. The lowest BCUT2D eigenvalue weighted by Crippen LogP contribution is -2.33. The molecule has 2 unspecified atom stereocenters. The Kier molecular flexibility index (Phi) is 5.83. The maximum atomic E-state index is 12.1. The summed E-state index contributed by atoms with van der Waals surface area (Å²) in [4.78, 5) is 12.1. The zero-order valence-electron chi connectivity index (χ0n) is 10.3. The normalized spacial score (nSPS) is 14.3. The molecule has 1 rings (SSSR count). The third kappa shape index (κ3) is 3.93. The summed E-state index contributed by atoms with van der Waals surface area (Å²) in [5.41, 5.74) is 6.18. The first-order valence-electron chi connectivity index (χ1n) is 5.57. The van der Waals surface area contributed by atoms with Crippen molar-refractivity contribution >= 4 is 5.78 Å². The van der Waals surface area contributed by atoms with Crippen molar-refractivity contribution in [1.29, 1.82) is 0 Å². The number of carbonyl (C=O) groups is 1. The molecule has 0 aliphatic carbocycles. The molecule has 0 saturated carbocycles. The molecular weight excluding hydrogens is 218 g/mol. The monoisotopic (exact) mass is 237 g/mol. The molecule has 0 bridgehead atoms. The van der Waals surface area contributed by atoms with E-state index < -0.39 is 6.10 Å². The van der Waals surface area contributed by atoms with E-state index >= 15 is 0 Å². The maximum absolute atomic E-state index is 12.1. The molecule has 0 spiro atoms. The number of hydrogen-bond acceptors (Lipinski definition) is 4.